The van der Waals surface area contributed by atoms with Gasteiger partial charge in [-0.2, -0.15) is 0 Å². The second kappa shape index (κ2) is 23.7. The van der Waals surface area contributed by atoms with Gasteiger partial charge >= 0.3 is 103 Å². The van der Waals surface area contributed by atoms with Crippen LogP contribution in [0.25, 0.3) is 0 Å². The fourth-order valence-electron chi connectivity index (χ4n) is 2.90. The number of unbranched alkanes of at least 4 members (excludes halogenated alkanes) is 12. The molecule has 0 aromatic carbocycles. The third-order valence-corrected chi connectivity index (χ3v) is 4.92. The van der Waals surface area contributed by atoms with E-state index >= 15 is 0 Å². The summed E-state index contributed by atoms with van der Waals surface area (Å²) in [7, 11) is -4.82. The normalized spacial score (nSPS) is 12.3. The Morgan fingerprint density at radius 3 is 1.40 bits per heavy atom. The van der Waals surface area contributed by atoms with Gasteiger partial charge in [-0.3, -0.25) is 0 Å². The van der Waals surface area contributed by atoms with Crippen LogP contribution in [-0.2, 0) is 9.09 Å². The molecule has 0 spiro atoms. The molecule has 0 aromatic rings. The first-order valence-corrected chi connectivity index (χ1v) is 11.2. The number of phosphoric ester groups is 1. The van der Waals surface area contributed by atoms with Crippen molar-refractivity contribution in [3.63, 3.8) is 0 Å². The summed E-state index contributed by atoms with van der Waals surface area (Å²) in [5.41, 5.74) is 0. The minimum Gasteiger partial charge on any atom is -0.790 e. The van der Waals surface area contributed by atoms with Crippen molar-refractivity contribution >= 4 is 7.82 Å². The zero-order valence-corrected chi connectivity index (χ0v) is 24.4. The van der Waals surface area contributed by atoms with E-state index in [1.807, 2.05) is 6.92 Å². The average molecular weight is 427 g/mol. The summed E-state index contributed by atoms with van der Waals surface area (Å²) in [4.78, 5) is 21.2. The molecule has 4 nitrogen and oxygen atoms in total. The van der Waals surface area contributed by atoms with Crippen molar-refractivity contribution in [1.29, 1.82) is 0 Å². The predicted molar refractivity (Wildman–Crippen MR) is 93.1 cm³/mol. The van der Waals surface area contributed by atoms with Crippen molar-refractivity contribution in [3.05, 3.63) is 0 Å². The van der Waals surface area contributed by atoms with Crippen LogP contribution >= 0.6 is 7.82 Å². The molecule has 0 saturated carbocycles. The molecule has 1 unspecified atom stereocenters. The van der Waals surface area contributed by atoms with Crippen molar-refractivity contribution in [1.82, 2.24) is 0 Å². The van der Waals surface area contributed by atoms with Crippen LogP contribution in [0.4, 0.5) is 0 Å². The van der Waals surface area contributed by atoms with Crippen LogP contribution in [0.2, 0.25) is 0 Å². The molecule has 7 heteroatoms. The standard InChI is InChI=1S/C18H39O4P.2K/c1-3-5-6-7-8-9-10-11-12-13-14-15-16-17-18(4-2)22-23(19,20)21;;/h18H,3-17H2,1-2H3,(H2,19,20,21);;/q;2*+1/p-2. The Kier molecular flexibility index (Phi) is 31.3. The molecule has 0 aliphatic carbocycles. The van der Waals surface area contributed by atoms with Gasteiger partial charge in [-0.15, -0.1) is 0 Å². The van der Waals surface area contributed by atoms with Crippen LogP contribution in [0.1, 0.15) is 110 Å². The van der Waals surface area contributed by atoms with E-state index in [0.29, 0.717) is 12.8 Å². The van der Waals surface area contributed by atoms with E-state index in [9.17, 15) is 14.4 Å². The van der Waals surface area contributed by atoms with Crippen LogP contribution in [0.5, 0.6) is 0 Å². The van der Waals surface area contributed by atoms with E-state index in [0.717, 1.165) is 12.8 Å². The summed E-state index contributed by atoms with van der Waals surface area (Å²) in [6.45, 7) is 4.10. The first kappa shape index (κ1) is 33.0. The number of hydrogen-bond acceptors (Lipinski definition) is 4. The Hall–Kier alpha value is 3.38. The van der Waals surface area contributed by atoms with E-state index in [1.165, 1.54) is 70.6 Å². The van der Waals surface area contributed by atoms with Crippen molar-refractivity contribution in [3.8, 4) is 0 Å². The Bertz CT molecular complexity index is 301. The largest absolute Gasteiger partial charge is 1.00 e. The van der Waals surface area contributed by atoms with Gasteiger partial charge in [-0.05, 0) is 12.8 Å². The van der Waals surface area contributed by atoms with Gasteiger partial charge in [-0.25, -0.2) is 0 Å². The maximum absolute atomic E-state index is 10.6. The molecule has 0 rings (SSSR count). The molecule has 0 aliphatic rings. The Labute approximate surface area is 241 Å². The maximum atomic E-state index is 10.6. The summed E-state index contributed by atoms with van der Waals surface area (Å²) >= 11 is 0. The van der Waals surface area contributed by atoms with Crippen LogP contribution in [0.3, 0.4) is 0 Å². The number of rotatable bonds is 17. The topological polar surface area (TPSA) is 72.4 Å². The number of hydrogen-bond donors (Lipinski definition) is 0. The first-order chi connectivity index (χ1) is 11.0. The van der Waals surface area contributed by atoms with E-state index in [4.69, 9.17) is 0 Å². The van der Waals surface area contributed by atoms with Gasteiger partial charge < -0.3 is 18.9 Å². The van der Waals surface area contributed by atoms with E-state index < -0.39 is 13.9 Å². The van der Waals surface area contributed by atoms with Gasteiger partial charge in [-0.1, -0.05) is 97.3 Å². The van der Waals surface area contributed by atoms with Crippen LogP contribution in [0, 0.1) is 0 Å². The molecule has 0 aliphatic heterocycles. The molecule has 140 valence electrons. The maximum Gasteiger partial charge on any atom is 1.00 e. The van der Waals surface area contributed by atoms with Gasteiger partial charge in [0, 0.05) is 0 Å². The zero-order valence-electron chi connectivity index (χ0n) is 17.3. The number of phosphoric acid groups is 1. The van der Waals surface area contributed by atoms with Crippen LogP contribution in [0.15, 0.2) is 0 Å². The van der Waals surface area contributed by atoms with E-state index in [1.54, 1.807) is 0 Å². The third kappa shape index (κ3) is 27.4. The smallest absolute Gasteiger partial charge is 0.790 e. The molecule has 25 heavy (non-hydrogen) atoms. The summed E-state index contributed by atoms with van der Waals surface area (Å²) < 4.78 is 15.1. The fourth-order valence-corrected chi connectivity index (χ4v) is 3.52. The molecule has 0 fully saturated rings. The molecule has 0 amide bonds. The predicted octanol–water partition coefficient (Wildman–Crippen LogP) is -0.900. The molecule has 0 heterocycles. The second-order valence-corrected chi connectivity index (χ2v) is 7.72. The fraction of sp³-hybridized carbons (Fsp3) is 1.00. The van der Waals surface area contributed by atoms with Crippen LogP contribution in [-0.4, -0.2) is 6.10 Å². The SMILES string of the molecule is CCCCCCCCCCCCCCCC(CC)OP(=O)([O-])[O-].[K+].[K+]. The summed E-state index contributed by atoms with van der Waals surface area (Å²) in [6.07, 6.45) is 17.6. The molecule has 0 saturated heterocycles. The minimum atomic E-state index is -4.82. The van der Waals surface area contributed by atoms with E-state index in [2.05, 4.69) is 11.4 Å². The van der Waals surface area contributed by atoms with Gasteiger partial charge in [0.2, 0.25) is 0 Å². The molecule has 0 bridgehead atoms. The van der Waals surface area contributed by atoms with Gasteiger partial charge in [0.1, 0.15) is 0 Å². The molecular weight excluding hydrogens is 389 g/mol. The van der Waals surface area contributed by atoms with Gasteiger partial charge in [0.05, 0.1) is 13.9 Å². The summed E-state index contributed by atoms with van der Waals surface area (Å²) in [5.74, 6) is 0. The quantitative estimate of drug-likeness (QED) is 0.172. The summed E-state index contributed by atoms with van der Waals surface area (Å²) in [5, 5.41) is 0. The van der Waals surface area contributed by atoms with Crippen molar-refractivity contribution in [2.75, 3.05) is 0 Å². The van der Waals surface area contributed by atoms with Crippen LogP contribution < -0.4 is 113 Å². The third-order valence-electron chi connectivity index (χ3n) is 4.36. The Morgan fingerprint density at radius 1 is 0.720 bits per heavy atom. The molecule has 0 aromatic heterocycles. The molecule has 1 atom stereocenters. The van der Waals surface area contributed by atoms with Crippen molar-refractivity contribution in [2.24, 2.45) is 0 Å². The Balaban J connectivity index is -0.00000242. The monoisotopic (exact) mass is 426 g/mol. The van der Waals surface area contributed by atoms with Gasteiger partial charge in [0.25, 0.3) is 0 Å². The summed E-state index contributed by atoms with van der Waals surface area (Å²) in [6, 6.07) is 0. The van der Waals surface area contributed by atoms with E-state index in [-0.39, 0.29) is 103 Å². The average Bonchev–Trinajstić information content (AvgIpc) is 2.49. The molecule has 0 radical (unpaired) electrons. The van der Waals surface area contributed by atoms with Gasteiger partial charge in [0.15, 0.2) is 0 Å². The first-order valence-electron chi connectivity index (χ1n) is 9.70. The Morgan fingerprint density at radius 2 is 1.08 bits per heavy atom. The zero-order chi connectivity index (χ0) is 17.4. The van der Waals surface area contributed by atoms with Crippen molar-refractivity contribution < 1.29 is 122 Å². The molecular formula is C18H37K2O4P. The molecule has 0 N–H and O–H groups in total. The second-order valence-electron chi connectivity index (χ2n) is 6.61. The minimum absolute atomic E-state index is 0. The van der Waals surface area contributed by atoms with Crippen molar-refractivity contribution in [2.45, 2.75) is 116 Å².